The molecule has 2 unspecified atom stereocenters. The first-order valence-corrected chi connectivity index (χ1v) is 6.91. The predicted octanol–water partition coefficient (Wildman–Crippen LogP) is 2.34. The SMILES string of the molecule is CC1CCCC(NC(=O)COc2ccc(N)cc2)C1. The van der Waals surface area contributed by atoms with Crippen molar-refractivity contribution in [2.24, 2.45) is 5.92 Å². The fourth-order valence-electron chi connectivity index (χ4n) is 2.55. The van der Waals surface area contributed by atoms with E-state index in [1.165, 1.54) is 12.8 Å². The van der Waals surface area contributed by atoms with E-state index in [-0.39, 0.29) is 12.5 Å². The highest BCUT2D eigenvalue weighted by molar-refractivity contribution is 5.77. The van der Waals surface area contributed by atoms with Crippen molar-refractivity contribution in [1.82, 2.24) is 5.32 Å². The number of benzene rings is 1. The molecule has 0 radical (unpaired) electrons. The molecular formula is C15H22N2O2. The van der Waals surface area contributed by atoms with E-state index in [4.69, 9.17) is 10.5 Å². The van der Waals surface area contributed by atoms with Crippen LogP contribution in [0.3, 0.4) is 0 Å². The van der Waals surface area contributed by atoms with Crippen molar-refractivity contribution < 1.29 is 9.53 Å². The number of carbonyl (C=O) groups excluding carboxylic acids is 1. The smallest absolute Gasteiger partial charge is 0.258 e. The van der Waals surface area contributed by atoms with E-state index < -0.39 is 0 Å². The quantitative estimate of drug-likeness (QED) is 0.819. The van der Waals surface area contributed by atoms with E-state index in [2.05, 4.69) is 12.2 Å². The number of rotatable bonds is 4. The molecule has 1 amide bonds. The van der Waals surface area contributed by atoms with Crippen LogP contribution < -0.4 is 15.8 Å². The Labute approximate surface area is 114 Å². The van der Waals surface area contributed by atoms with E-state index in [0.29, 0.717) is 23.4 Å². The number of hydrogen-bond donors (Lipinski definition) is 2. The third-order valence-electron chi connectivity index (χ3n) is 3.55. The molecular weight excluding hydrogens is 240 g/mol. The Bertz CT molecular complexity index is 417. The number of anilines is 1. The van der Waals surface area contributed by atoms with Crippen LogP contribution in [-0.4, -0.2) is 18.6 Å². The third kappa shape index (κ3) is 4.47. The molecule has 4 heteroatoms. The van der Waals surface area contributed by atoms with Crippen molar-refractivity contribution in [3.05, 3.63) is 24.3 Å². The molecule has 1 aliphatic carbocycles. The van der Waals surface area contributed by atoms with Gasteiger partial charge in [-0.1, -0.05) is 19.8 Å². The second kappa shape index (κ2) is 6.45. The third-order valence-corrected chi connectivity index (χ3v) is 3.55. The Balaban J connectivity index is 1.73. The number of nitrogens with two attached hydrogens (primary N) is 1. The van der Waals surface area contributed by atoms with Gasteiger partial charge in [-0.05, 0) is 43.0 Å². The summed E-state index contributed by atoms with van der Waals surface area (Å²) in [6.45, 7) is 2.30. The van der Waals surface area contributed by atoms with E-state index in [1.807, 2.05) is 0 Å². The Hall–Kier alpha value is -1.71. The van der Waals surface area contributed by atoms with Crippen LogP contribution in [0.2, 0.25) is 0 Å². The first-order valence-electron chi connectivity index (χ1n) is 6.91. The fraction of sp³-hybridized carbons (Fsp3) is 0.533. The molecule has 3 N–H and O–H groups in total. The van der Waals surface area contributed by atoms with E-state index in [9.17, 15) is 4.79 Å². The van der Waals surface area contributed by atoms with Gasteiger partial charge < -0.3 is 15.8 Å². The van der Waals surface area contributed by atoms with Crippen molar-refractivity contribution in [2.45, 2.75) is 38.6 Å². The average Bonchev–Trinajstić information content (AvgIpc) is 2.38. The zero-order valence-electron chi connectivity index (χ0n) is 11.4. The molecule has 104 valence electrons. The minimum Gasteiger partial charge on any atom is -0.484 e. The molecule has 4 nitrogen and oxygen atoms in total. The minimum absolute atomic E-state index is 0.0454. The Morgan fingerprint density at radius 1 is 1.37 bits per heavy atom. The largest absolute Gasteiger partial charge is 0.484 e. The highest BCUT2D eigenvalue weighted by atomic mass is 16.5. The molecule has 2 rings (SSSR count). The second-order valence-corrected chi connectivity index (χ2v) is 5.39. The van der Waals surface area contributed by atoms with Crippen molar-refractivity contribution in [3.63, 3.8) is 0 Å². The van der Waals surface area contributed by atoms with Gasteiger partial charge in [-0.25, -0.2) is 0 Å². The number of ether oxygens (including phenoxy) is 1. The molecule has 0 bridgehead atoms. The highest BCUT2D eigenvalue weighted by Gasteiger charge is 2.20. The van der Waals surface area contributed by atoms with E-state index >= 15 is 0 Å². The van der Waals surface area contributed by atoms with Crippen molar-refractivity contribution in [3.8, 4) is 5.75 Å². The van der Waals surface area contributed by atoms with E-state index in [1.54, 1.807) is 24.3 Å². The molecule has 2 atom stereocenters. The number of hydrogen-bond acceptors (Lipinski definition) is 3. The maximum atomic E-state index is 11.8. The fourth-order valence-corrected chi connectivity index (χ4v) is 2.55. The normalized spacial score (nSPS) is 22.8. The minimum atomic E-state index is -0.0454. The molecule has 1 aromatic rings. The lowest BCUT2D eigenvalue weighted by Crippen LogP contribution is -2.40. The summed E-state index contributed by atoms with van der Waals surface area (Å²) in [5.74, 6) is 1.33. The van der Waals surface area contributed by atoms with Crippen molar-refractivity contribution in [1.29, 1.82) is 0 Å². The van der Waals surface area contributed by atoms with Crippen LogP contribution in [0.5, 0.6) is 5.75 Å². The molecule has 0 aromatic heterocycles. The molecule has 1 aromatic carbocycles. The Morgan fingerprint density at radius 2 is 2.11 bits per heavy atom. The number of amides is 1. The first-order chi connectivity index (χ1) is 9.13. The maximum absolute atomic E-state index is 11.8. The Kier molecular flexibility index (Phi) is 4.66. The lowest BCUT2D eigenvalue weighted by molar-refractivity contribution is -0.124. The van der Waals surface area contributed by atoms with Gasteiger partial charge in [0.2, 0.25) is 0 Å². The first kappa shape index (κ1) is 13.7. The molecule has 1 saturated carbocycles. The summed E-state index contributed by atoms with van der Waals surface area (Å²) in [5.41, 5.74) is 6.27. The number of carbonyl (C=O) groups is 1. The topological polar surface area (TPSA) is 64.3 Å². The van der Waals surface area contributed by atoms with Crippen molar-refractivity contribution >= 4 is 11.6 Å². The molecule has 0 spiro atoms. The van der Waals surface area contributed by atoms with Gasteiger partial charge in [0.25, 0.3) is 5.91 Å². The maximum Gasteiger partial charge on any atom is 0.258 e. The van der Waals surface area contributed by atoms with Gasteiger partial charge in [-0.3, -0.25) is 4.79 Å². The number of nitrogens with one attached hydrogen (secondary N) is 1. The summed E-state index contributed by atoms with van der Waals surface area (Å²) in [5, 5.41) is 3.04. The predicted molar refractivity (Wildman–Crippen MR) is 75.9 cm³/mol. The van der Waals surface area contributed by atoms with Gasteiger partial charge in [-0.15, -0.1) is 0 Å². The number of nitrogen functional groups attached to an aromatic ring is 1. The average molecular weight is 262 g/mol. The summed E-state index contributed by atoms with van der Waals surface area (Å²) in [6.07, 6.45) is 4.63. The Morgan fingerprint density at radius 3 is 2.79 bits per heavy atom. The molecule has 0 heterocycles. The molecule has 1 aliphatic rings. The van der Waals surface area contributed by atoms with Crippen LogP contribution >= 0.6 is 0 Å². The van der Waals surface area contributed by atoms with Gasteiger partial charge in [0, 0.05) is 11.7 Å². The summed E-state index contributed by atoms with van der Waals surface area (Å²) < 4.78 is 5.42. The van der Waals surface area contributed by atoms with Gasteiger partial charge >= 0.3 is 0 Å². The summed E-state index contributed by atoms with van der Waals surface area (Å²) >= 11 is 0. The van der Waals surface area contributed by atoms with Crippen LogP contribution in [0.25, 0.3) is 0 Å². The van der Waals surface area contributed by atoms with Crippen LogP contribution in [0, 0.1) is 5.92 Å². The van der Waals surface area contributed by atoms with Crippen LogP contribution in [0.1, 0.15) is 32.6 Å². The van der Waals surface area contributed by atoms with Gasteiger partial charge in [-0.2, -0.15) is 0 Å². The second-order valence-electron chi connectivity index (χ2n) is 5.39. The summed E-state index contributed by atoms with van der Waals surface area (Å²) in [4.78, 5) is 11.8. The van der Waals surface area contributed by atoms with Gasteiger partial charge in [0.1, 0.15) is 5.75 Å². The molecule has 1 fully saturated rings. The highest BCUT2D eigenvalue weighted by Crippen LogP contribution is 2.23. The van der Waals surface area contributed by atoms with Gasteiger partial charge in [0.15, 0.2) is 6.61 Å². The summed E-state index contributed by atoms with van der Waals surface area (Å²) in [7, 11) is 0. The molecule has 0 saturated heterocycles. The summed E-state index contributed by atoms with van der Waals surface area (Å²) in [6, 6.07) is 7.37. The zero-order chi connectivity index (χ0) is 13.7. The van der Waals surface area contributed by atoms with E-state index in [0.717, 1.165) is 12.8 Å². The van der Waals surface area contributed by atoms with Crippen LogP contribution in [0.4, 0.5) is 5.69 Å². The lowest BCUT2D eigenvalue weighted by Gasteiger charge is -2.27. The van der Waals surface area contributed by atoms with Crippen LogP contribution in [0.15, 0.2) is 24.3 Å². The monoisotopic (exact) mass is 262 g/mol. The standard InChI is InChI=1S/C15H22N2O2/c1-11-3-2-4-13(9-11)17-15(18)10-19-14-7-5-12(16)6-8-14/h5-8,11,13H,2-4,9-10,16H2,1H3,(H,17,18). The lowest BCUT2D eigenvalue weighted by atomic mass is 9.87. The zero-order valence-corrected chi connectivity index (χ0v) is 11.4. The van der Waals surface area contributed by atoms with Gasteiger partial charge in [0.05, 0.1) is 0 Å². The molecule has 19 heavy (non-hydrogen) atoms. The molecule has 0 aliphatic heterocycles. The van der Waals surface area contributed by atoms with Crippen LogP contribution in [-0.2, 0) is 4.79 Å². The van der Waals surface area contributed by atoms with Crippen molar-refractivity contribution in [2.75, 3.05) is 12.3 Å².